The minimum Gasteiger partial charge on any atom is -0.261 e. The Morgan fingerprint density at radius 1 is 1.09 bits per heavy atom. The molecule has 0 saturated carbocycles. The van der Waals surface area contributed by atoms with Crippen LogP contribution < -0.4 is 0 Å². The first-order valence-corrected chi connectivity index (χ1v) is 7.09. The fourth-order valence-electron chi connectivity index (χ4n) is 2.77. The zero-order chi connectivity index (χ0) is 17.3. The number of benzene rings is 1. The van der Waals surface area contributed by atoms with Gasteiger partial charge >= 0.3 is 0 Å². The van der Waals surface area contributed by atoms with E-state index in [1.165, 1.54) is 13.0 Å². The molecule has 1 aromatic carbocycles. The van der Waals surface area contributed by atoms with Crippen LogP contribution >= 0.6 is 0 Å². The van der Waals surface area contributed by atoms with Crippen molar-refractivity contribution >= 4 is 11.4 Å². The van der Waals surface area contributed by atoms with Crippen molar-refractivity contribution in [3.63, 3.8) is 0 Å². The normalized spacial score (nSPS) is 12.0. The van der Waals surface area contributed by atoms with Gasteiger partial charge in [0.25, 0.3) is 11.4 Å². The van der Waals surface area contributed by atoms with Gasteiger partial charge < -0.3 is 0 Å². The van der Waals surface area contributed by atoms with E-state index >= 15 is 0 Å². The second kappa shape index (κ2) is 6.12. The minimum atomic E-state index is -0.504. The number of aryl methyl sites for hydroxylation is 2. The molecular formula is C16H17N3O4. The van der Waals surface area contributed by atoms with E-state index in [9.17, 15) is 20.2 Å². The molecule has 0 aliphatic rings. The Kier molecular flexibility index (Phi) is 4.40. The molecule has 0 aliphatic heterocycles. The number of nitro groups is 2. The molecule has 1 atom stereocenters. The van der Waals surface area contributed by atoms with Crippen LogP contribution in [-0.4, -0.2) is 14.8 Å². The highest BCUT2D eigenvalue weighted by Crippen LogP contribution is 2.40. The molecular weight excluding hydrogens is 298 g/mol. The summed E-state index contributed by atoms with van der Waals surface area (Å²) >= 11 is 0. The van der Waals surface area contributed by atoms with Crippen molar-refractivity contribution in [2.45, 2.75) is 33.6 Å². The number of hydrogen-bond donors (Lipinski definition) is 0. The SMILES string of the molecule is Cc1ccc([C@H](C)c2c(C)c([N+](=O)[O-])cc(C)c2[N+](=O)[O-])cn1. The van der Waals surface area contributed by atoms with E-state index in [0.717, 1.165) is 11.3 Å². The lowest BCUT2D eigenvalue weighted by molar-refractivity contribution is -0.390. The summed E-state index contributed by atoms with van der Waals surface area (Å²) in [6.45, 7) is 6.72. The smallest absolute Gasteiger partial charge is 0.261 e. The van der Waals surface area contributed by atoms with E-state index in [4.69, 9.17) is 0 Å². The van der Waals surface area contributed by atoms with Crippen molar-refractivity contribution in [1.82, 2.24) is 4.98 Å². The van der Waals surface area contributed by atoms with Gasteiger partial charge in [-0.05, 0) is 32.4 Å². The summed E-state index contributed by atoms with van der Waals surface area (Å²) in [5.41, 5.74) is 2.42. The van der Waals surface area contributed by atoms with Gasteiger partial charge in [-0.3, -0.25) is 25.2 Å². The Bertz CT molecular complexity index is 785. The molecule has 1 aromatic heterocycles. The number of rotatable bonds is 4. The van der Waals surface area contributed by atoms with Gasteiger partial charge in [0.15, 0.2) is 0 Å². The Labute approximate surface area is 133 Å². The van der Waals surface area contributed by atoms with Crippen molar-refractivity contribution in [3.05, 3.63) is 72.6 Å². The van der Waals surface area contributed by atoms with Crippen LogP contribution in [0, 0.1) is 41.0 Å². The van der Waals surface area contributed by atoms with Gasteiger partial charge in [0, 0.05) is 40.6 Å². The number of hydrogen-bond acceptors (Lipinski definition) is 5. The molecule has 0 N–H and O–H groups in total. The van der Waals surface area contributed by atoms with E-state index in [1.807, 2.05) is 19.1 Å². The van der Waals surface area contributed by atoms with Crippen LogP contribution in [0.25, 0.3) is 0 Å². The lowest BCUT2D eigenvalue weighted by Gasteiger charge is -2.16. The molecule has 0 bridgehead atoms. The van der Waals surface area contributed by atoms with Crippen LogP contribution in [0.5, 0.6) is 0 Å². The summed E-state index contributed by atoms with van der Waals surface area (Å²) in [5, 5.41) is 22.7. The molecule has 0 aliphatic carbocycles. The zero-order valence-electron chi connectivity index (χ0n) is 13.4. The van der Waals surface area contributed by atoms with E-state index in [2.05, 4.69) is 4.98 Å². The van der Waals surface area contributed by atoms with Crippen LogP contribution in [0.15, 0.2) is 24.4 Å². The molecule has 23 heavy (non-hydrogen) atoms. The maximum atomic E-state index is 11.5. The maximum absolute atomic E-state index is 11.5. The van der Waals surface area contributed by atoms with Crippen molar-refractivity contribution in [3.8, 4) is 0 Å². The topological polar surface area (TPSA) is 99.2 Å². The van der Waals surface area contributed by atoms with Gasteiger partial charge in [0.05, 0.1) is 9.85 Å². The summed E-state index contributed by atoms with van der Waals surface area (Å²) in [7, 11) is 0. The van der Waals surface area contributed by atoms with Crippen LogP contribution in [0.3, 0.4) is 0 Å². The second-order valence-electron chi connectivity index (χ2n) is 5.57. The van der Waals surface area contributed by atoms with E-state index in [0.29, 0.717) is 11.1 Å². The first kappa shape index (κ1) is 16.5. The lowest BCUT2D eigenvalue weighted by Crippen LogP contribution is -2.08. The molecule has 0 spiro atoms. The predicted octanol–water partition coefficient (Wildman–Crippen LogP) is 3.98. The quantitative estimate of drug-likeness (QED) is 0.627. The maximum Gasteiger partial charge on any atom is 0.276 e. The monoisotopic (exact) mass is 315 g/mol. The van der Waals surface area contributed by atoms with Gasteiger partial charge in [0.2, 0.25) is 0 Å². The van der Waals surface area contributed by atoms with Crippen molar-refractivity contribution in [2.24, 2.45) is 0 Å². The summed E-state index contributed by atoms with van der Waals surface area (Å²) in [4.78, 5) is 25.9. The third kappa shape index (κ3) is 3.03. The molecule has 2 aromatic rings. The molecule has 0 unspecified atom stereocenters. The average Bonchev–Trinajstić information content (AvgIpc) is 2.48. The predicted molar refractivity (Wildman–Crippen MR) is 85.7 cm³/mol. The Morgan fingerprint density at radius 3 is 2.22 bits per heavy atom. The van der Waals surface area contributed by atoms with E-state index < -0.39 is 9.85 Å². The largest absolute Gasteiger partial charge is 0.276 e. The van der Waals surface area contributed by atoms with Crippen LogP contribution in [0.1, 0.15) is 40.8 Å². The molecule has 7 nitrogen and oxygen atoms in total. The number of nitro benzene ring substituents is 2. The third-order valence-electron chi connectivity index (χ3n) is 4.02. The molecule has 0 fully saturated rings. The van der Waals surface area contributed by atoms with Gasteiger partial charge in [-0.2, -0.15) is 0 Å². The lowest BCUT2D eigenvalue weighted by atomic mass is 9.87. The fourth-order valence-corrected chi connectivity index (χ4v) is 2.77. The van der Waals surface area contributed by atoms with Gasteiger partial charge in [-0.1, -0.05) is 13.0 Å². The second-order valence-corrected chi connectivity index (χ2v) is 5.57. The van der Waals surface area contributed by atoms with E-state index in [-0.39, 0.29) is 22.9 Å². The summed E-state index contributed by atoms with van der Waals surface area (Å²) in [6.07, 6.45) is 1.65. The Morgan fingerprint density at radius 2 is 1.74 bits per heavy atom. The summed E-state index contributed by atoms with van der Waals surface area (Å²) < 4.78 is 0. The molecule has 0 radical (unpaired) electrons. The molecule has 2 rings (SSSR count). The average molecular weight is 315 g/mol. The van der Waals surface area contributed by atoms with Gasteiger partial charge in [0.1, 0.15) is 0 Å². The first-order valence-electron chi connectivity index (χ1n) is 7.09. The molecule has 1 heterocycles. The fraction of sp³-hybridized carbons (Fsp3) is 0.312. The van der Waals surface area contributed by atoms with Crippen LogP contribution in [0.4, 0.5) is 11.4 Å². The first-order chi connectivity index (χ1) is 10.7. The molecule has 7 heteroatoms. The molecule has 120 valence electrons. The third-order valence-corrected chi connectivity index (χ3v) is 4.02. The van der Waals surface area contributed by atoms with Gasteiger partial charge in [-0.25, -0.2) is 0 Å². The highest BCUT2D eigenvalue weighted by atomic mass is 16.6. The van der Waals surface area contributed by atoms with Crippen LogP contribution in [-0.2, 0) is 0 Å². The molecule has 0 saturated heterocycles. The number of nitrogens with zero attached hydrogens (tertiary/aromatic N) is 3. The number of pyridine rings is 1. The highest BCUT2D eigenvalue weighted by Gasteiger charge is 2.30. The Balaban J connectivity index is 2.74. The van der Waals surface area contributed by atoms with E-state index in [1.54, 1.807) is 20.0 Å². The van der Waals surface area contributed by atoms with Gasteiger partial charge in [-0.15, -0.1) is 0 Å². The summed E-state index contributed by atoms with van der Waals surface area (Å²) in [5.74, 6) is -0.373. The minimum absolute atomic E-state index is 0.0684. The van der Waals surface area contributed by atoms with Crippen LogP contribution in [0.2, 0.25) is 0 Å². The van der Waals surface area contributed by atoms with Crippen molar-refractivity contribution in [2.75, 3.05) is 0 Å². The Hall–Kier alpha value is -2.83. The zero-order valence-corrected chi connectivity index (χ0v) is 13.4. The summed E-state index contributed by atoms with van der Waals surface area (Å²) in [6, 6.07) is 4.92. The number of aromatic nitrogens is 1. The molecule has 0 amide bonds. The highest BCUT2D eigenvalue weighted by molar-refractivity contribution is 5.62. The van der Waals surface area contributed by atoms with Crippen molar-refractivity contribution < 1.29 is 9.85 Å². The standard InChI is InChI=1S/C16H17N3O4/c1-9-7-14(18(20)21)12(4)15(16(9)19(22)23)11(3)13-6-5-10(2)17-8-13/h5-8,11H,1-4H3/t11-/m0/s1. The van der Waals surface area contributed by atoms with Crippen molar-refractivity contribution in [1.29, 1.82) is 0 Å².